The standard InChI is InChI=1S/C18H23N5O2.C2H6/c1-21-8-5-12(6-9-21)13-3-4-14-15(11-13)22(2)20-17(14)23-10-7-16(24)19-18(23)25;1-2/h3-4,11-12H,5-10H2,1-2H3,(H,19,24,25);1-2H3. The van der Waals surface area contributed by atoms with Crippen LogP contribution in [-0.2, 0) is 11.8 Å². The molecule has 1 aromatic heterocycles. The Morgan fingerprint density at radius 2 is 1.78 bits per heavy atom. The number of rotatable bonds is 2. The number of amides is 3. The van der Waals surface area contributed by atoms with E-state index in [0.717, 1.165) is 24.0 Å². The quantitative estimate of drug-likeness (QED) is 0.881. The zero-order chi connectivity index (χ0) is 19.6. The first kappa shape index (κ1) is 19.4. The summed E-state index contributed by atoms with van der Waals surface area (Å²) >= 11 is 0. The number of urea groups is 1. The lowest BCUT2D eigenvalue weighted by Gasteiger charge is -2.29. The average molecular weight is 371 g/mol. The van der Waals surface area contributed by atoms with E-state index in [-0.39, 0.29) is 5.91 Å². The Bertz CT molecular complexity index is 836. The molecule has 7 nitrogen and oxygen atoms in total. The molecule has 0 radical (unpaired) electrons. The van der Waals surface area contributed by atoms with Gasteiger partial charge in [0.1, 0.15) is 0 Å². The van der Waals surface area contributed by atoms with Gasteiger partial charge in [-0.2, -0.15) is 5.10 Å². The van der Waals surface area contributed by atoms with Crippen LogP contribution in [0.2, 0.25) is 0 Å². The minimum absolute atomic E-state index is 0.231. The molecule has 2 aromatic rings. The topological polar surface area (TPSA) is 70.5 Å². The summed E-state index contributed by atoms with van der Waals surface area (Å²) in [6.45, 7) is 6.62. The van der Waals surface area contributed by atoms with E-state index in [9.17, 15) is 9.59 Å². The molecule has 146 valence electrons. The highest BCUT2D eigenvalue weighted by Crippen LogP contribution is 2.33. The maximum absolute atomic E-state index is 12.1. The number of benzene rings is 1. The van der Waals surface area contributed by atoms with Crippen molar-refractivity contribution >= 4 is 28.7 Å². The van der Waals surface area contributed by atoms with Crippen molar-refractivity contribution in [2.45, 2.75) is 39.0 Å². The maximum Gasteiger partial charge on any atom is 0.329 e. The second-order valence-corrected chi connectivity index (χ2v) is 7.06. The highest BCUT2D eigenvalue weighted by atomic mass is 16.2. The van der Waals surface area contributed by atoms with E-state index in [0.29, 0.717) is 24.7 Å². The van der Waals surface area contributed by atoms with E-state index < -0.39 is 6.03 Å². The van der Waals surface area contributed by atoms with E-state index in [4.69, 9.17) is 0 Å². The van der Waals surface area contributed by atoms with Gasteiger partial charge in [0.2, 0.25) is 5.91 Å². The lowest BCUT2D eigenvalue weighted by molar-refractivity contribution is -0.120. The Morgan fingerprint density at radius 3 is 2.44 bits per heavy atom. The van der Waals surface area contributed by atoms with Gasteiger partial charge in [0.05, 0.1) is 5.52 Å². The van der Waals surface area contributed by atoms with Crippen LogP contribution in [0, 0.1) is 0 Å². The lowest BCUT2D eigenvalue weighted by Crippen LogP contribution is -2.49. The van der Waals surface area contributed by atoms with Crippen LogP contribution in [0.25, 0.3) is 10.9 Å². The van der Waals surface area contributed by atoms with Gasteiger partial charge in [0.15, 0.2) is 5.82 Å². The summed E-state index contributed by atoms with van der Waals surface area (Å²) in [5.41, 5.74) is 2.37. The van der Waals surface area contributed by atoms with Crippen molar-refractivity contribution < 1.29 is 9.59 Å². The van der Waals surface area contributed by atoms with Crippen molar-refractivity contribution in [3.05, 3.63) is 23.8 Å². The number of piperidine rings is 1. The van der Waals surface area contributed by atoms with Gasteiger partial charge in [0, 0.05) is 25.4 Å². The van der Waals surface area contributed by atoms with Gasteiger partial charge in [0.25, 0.3) is 0 Å². The summed E-state index contributed by atoms with van der Waals surface area (Å²) < 4.78 is 1.83. The number of imide groups is 1. The molecule has 2 fully saturated rings. The number of carbonyl (C=O) groups excluding carboxylic acids is 2. The second-order valence-electron chi connectivity index (χ2n) is 7.06. The van der Waals surface area contributed by atoms with E-state index in [1.54, 1.807) is 4.90 Å². The first-order valence-electron chi connectivity index (χ1n) is 9.79. The third-order valence-electron chi connectivity index (χ3n) is 5.36. The number of hydrogen-bond acceptors (Lipinski definition) is 4. The lowest BCUT2D eigenvalue weighted by atomic mass is 9.89. The molecule has 2 aliphatic heterocycles. The Hall–Kier alpha value is -2.41. The molecule has 0 atom stereocenters. The molecule has 2 saturated heterocycles. The fourth-order valence-corrected chi connectivity index (χ4v) is 3.82. The zero-order valence-corrected chi connectivity index (χ0v) is 16.7. The molecule has 0 spiro atoms. The Kier molecular flexibility index (Phi) is 5.79. The number of likely N-dealkylation sites (tertiary alicyclic amines) is 1. The van der Waals surface area contributed by atoms with Crippen LogP contribution in [-0.4, -0.2) is 53.3 Å². The number of fused-ring (bicyclic) bond motifs is 1. The average Bonchev–Trinajstić information content (AvgIpc) is 3.00. The highest BCUT2D eigenvalue weighted by Gasteiger charge is 2.28. The molecule has 0 unspecified atom stereocenters. The molecule has 0 saturated carbocycles. The SMILES string of the molecule is CC.CN1CCC(c2ccc3c(N4CCC(=O)NC4=O)nn(C)c3c2)CC1. The number of carbonyl (C=O) groups is 2. The summed E-state index contributed by atoms with van der Waals surface area (Å²) in [6.07, 6.45) is 2.64. The Labute approximate surface area is 160 Å². The molecule has 7 heteroatoms. The predicted molar refractivity (Wildman–Crippen MR) is 107 cm³/mol. The zero-order valence-electron chi connectivity index (χ0n) is 16.7. The van der Waals surface area contributed by atoms with Crippen LogP contribution < -0.4 is 10.2 Å². The highest BCUT2D eigenvalue weighted by molar-refractivity contribution is 6.08. The molecule has 0 aliphatic carbocycles. The van der Waals surface area contributed by atoms with Crippen molar-refractivity contribution in [3.8, 4) is 0 Å². The number of nitrogens with zero attached hydrogens (tertiary/aromatic N) is 4. The van der Waals surface area contributed by atoms with Gasteiger partial charge in [-0.15, -0.1) is 0 Å². The number of aryl methyl sites for hydroxylation is 1. The molecular formula is C20H29N5O2. The van der Waals surface area contributed by atoms with Gasteiger partial charge in [-0.25, -0.2) is 4.79 Å². The Balaban J connectivity index is 0.00000102. The van der Waals surface area contributed by atoms with Crippen molar-refractivity contribution in [2.24, 2.45) is 7.05 Å². The molecule has 3 amide bonds. The van der Waals surface area contributed by atoms with Crippen molar-refractivity contribution in [1.29, 1.82) is 0 Å². The smallest absolute Gasteiger partial charge is 0.306 e. The van der Waals surface area contributed by atoms with Crippen LogP contribution in [0.15, 0.2) is 18.2 Å². The third-order valence-corrected chi connectivity index (χ3v) is 5.36. The second kappa shape index (κ2) is 8.08. The Morgan fingerprint density at radius 1 is 1.07 bits per heavy atom. The molecule has 1 N–H and O–H groups in total. The molecule has 0 bridgehead atoms. The third kappa shape index (κ3) is 3.83. The molecule has 4 rings (SSSR count). The van der Waals surface area contributed by atoms with E-state index in [1.165, 1.54) is 18.4 Å². The summed E-state index contributed by atoms with van der Waals surface area (Å²) in [4.78, 5) is 27.4. The van der Waals surface area contributed by atoms with Crippen LogP contribution in [0.5, 0.6) is 0 Å². The van der Waals surface area contributed by atoms with Gasteiger partial charge in [-0.05, 0) is 56.6 Å². The summed E-state index contributed by atoms with van der Waals surface area (Å²) in [5, 5.41) is 7.86. The van der Waals surface area contributed by atoms with Crippen molar-refractivity contribution in [2.75, 3.05) is 31.6 Å². The van der Waals surface area contributed by atoms with Gasteiger partial charge in [-0.3, -0.25) is 19.7 Å². The molecule has 1 aromatic carbocycles. The minimum atomic E-state index is -0.393. The molecule has 27 heavy (non-hydrogen) atoms. The van der Waals surface area contributed by atoms with E-state index in [2.05, 4.69) is 40.6 Å². The van der Waals surface area contributed by atoms with Crippen LogP contribution in [0.3, 0.4) is 0 Å². The summed E-state index contributed by atoms with van der Waals surface area (Å²) in [5.74, 6) is 0.971. The first-order valence-corrected chi connectivity index (χ1v) is 9.79. The predicted octanol–water partition coefficient (Wildman–Crippen LogP) is 2.86. The fraction of sp³-hybridized carbons (Fsp3) is 0.550. The van der Waals surface area contributed by atoms with Crippen LogP contribution in [0.4, 0.5) is 10.6 Å². The molecular weight excluding hydrogens is 342 g/mol. The molecule has 2 aliphatic rings. The largest absolute Gasteiger partial charge is 0.329 e. The van der Waals surface area contributed by atoms with E-state index >= 15 is 0 Å². The van der Waals surface area contributed by atoms with Crippen molar-refractivity contribution in [1.82, 2.24) is 20.0 Å². The molecule has 3 heterocycles. The van der Waals surface area contributed by atoms with E-state index in [1.807, 2.05) is 25.6 Å². The number of aromatic nitrogens is 2. The van der Waals surface area contributed by atoms with Crippen LogP contribution >= 0.6 is 0 Å². The summed E-state index contributed by atoms with van der Waals surface area (Å²) in [6, 6.07) is 6.04. The maximum atomic E-state index is 12.1. The normalized spacial score (nSPS) is 19.0. The number of hydrogen-bond donors (Lipinski definition) is 1. The van der Waals surface area contributed by atoms with Gasteiger partial charge >= 0.3 is 6.03 Å². The first-order chi connectivity index (χ1) is 13.0. The number of anilines is 1. The monoisotopic (exact) mass is 371 g/mol. The summed E-state index contributed by atoms with van der Waals surface area (Å²) in [7, 11) is 4.07. The number of nitrogens with one attached hydrogen (secondary N) is 1. The van der Waals surface area contributed by atoms with Crippen LogP contribution in [0.1, 0.15) is 44.6 Å². The van der Waals surface area contributed by atoms with Gasteiger partial charge < -0.3 is 4.90 Å². The van der Waals surface area contributed by atoms with Crippen molar-refractivity contribution in [3.63, 3.8) is 0 Å². The van der Waals surface area contributed by atoms with Gasteiger partial charge in [-0.1, -0.05) is 19.9 Å². The minimum Gasteiger partial charge on any atom is -0.306 e. The fourth-order valence-electron chi connectivity index (χ4n) is 3.82.